The summed E-state index contributed by atoms with van der Waals surface area (Å²) in [4.78, 5) is 0. The zero-order valence-corrected chi connectivity index (χ0v) is 6.46. The largest absolute Gasteiger partial charge is 1.00 e. The second-order valence-electron chi connectivity index (χ2n) is 0.214. The molecule has 0 atom stereocenters. The Morgan fingerprint density at radius 2 is 1.00 bits per heavy atom. The van der Waals surface area contributed by atoms with Crippen LogP contribution in [-0.2, 0) is 14.7 Å². The van der Waals surface area contributed by atoms with Gasteiger partial charge in [0.05, 0.1) is 0 Å². The third kappa shape index (κ3) is 29.8. The normalized spacial score (nSPS) is 4.50. The van der Waals surface area contributed by atoms with Crippen molar-refractivity contribution in [1.82, 2.24) is 0 Å². The van der Waals surface area contributed by atoms with Crippen molar-refractivity contribution < 1.29 is 33.5 Å². The van der Waals surface area contributed by atoms with Crippen molar-refractivity contribution in [2.24, 2.45) is 0 Å². The first kappa shape index (κ1) is 15.9. The Morgan fingerprint density at radius 3 is 1.00 bits per heavy atom. The fourth-order valence-corrected chi connectivity index (χ4v) is 0. The van der Waals surface area contributed by atoms with Crippen molar-refractivity contribution >= 4 is 45.3 Å². The van der Waals surface area contributed by atoms with Crippen molar-refractivity contribution in [3.8, 4) is 0 Å². The first-order chi connectivity index (χ1) is 1.73. The van der Waals surface area contributed by atoms with Crippen molar-refractivity contribution in [2.75, 3.05) is 0 Å². The van der Waals surface area contributed by atoms with Crippen LogP contribution in [0.2, 0.25) is 0 Å². The SMILES string of the molecule is [AlH4-].[Cl][Ti]([Cl])[Cl].[Li+]. The van der Waals surface area contributed by atoms with Crippen LogP contribution in [0.5, 0.6) is 0 Å². The third-order valence-electron chi connectivity index (χ3n) is 0. The summed E-state index contributed by atoms with van der Waals surface area (Å²) in [6.07, 6.45) is 0. The van der Waals surface area contributed by atoms with Crippen LogP contribution in [0.25, 0.3) is 0 Å². The minimum Gasteiger partial charge on any atom is 1.00 e. The third-order valence-corrected chi connectivity index (χ3v) is 0. The Morgan fingerprint density at radius 1 is 1.00 bits per heavy atom. The maximum Gasteiger partial charge on any atom is 1.00 e. The molecule has 0 radical (unpaired) electrons. The van der Waals surface area contributed by atoms with Gasteiger partial charge in [-0.25, -0.2) is 0 Å². The summed E-state index contributed by atoms with van der Waals surface area (Å²) in [5, 5.41) is 0. The van der Waals surface area contributed by atoms with Gasteiger partial charge in [0.25, 0.3) is 0 Å². The number of hydrogen-bond acceptors (Lipinski definition) is 0. The van der Waals surface area contributed by atoms with Gasteiger partial charge in [-0.3, -0.25) is 0 Å². The molecule has 0 unspecified atom stereocenters. The van der Waals surface area contributed by atoms with E-state index in [0.717, 1.165) is 0 Å². The van der Waals surface area contributed by atoms with Crippen LogP contribution in [-0.4, -0.2) is 17.4 Å². The summed E-state index contributed by atoms with van der Waals surface area (Å²) in [6.45, 7) is 0. The molecule has 0 aromatic carbocycles. The Hall–Kier alpha value is 2.71. The Labute approximate surface area is 77.7 Å². The molecule has 0 nitrogen and oxygen atoms in total. The van der Waals surface area contributed by atoms with Gasteiger partial charge in [-0.15, -0.1) is 0 Å². The Bertz CT molecular complexity index is 15.5. The van der Waals surface area contributed by atoms with Crippen LogP contribution in [0.3, 0.4) is 0 Å². The molecule has 0 aromatic rings. The summed E-state index contributed by atoms with van der Waals surface area (Å²) in [5.41, 5.74) is 0. The first-order valence-electron chi connectivity index (χ1n) is 0.567. The number of halogens is 3. The number of hydrogen-bond donors (Lipinski definition) is 0. The molecule has 6 heavy (non-hydrogen) atoms. The molecule has 0 N–H and O–H groups in total. The molecule has 0 amide bonds. The van der Waals surface area contributed by atoms with E-state index in [9.17, 15) is 0 Å². The van der Waals surface area contributed by atoms with E-state index in [1.54, 1.807) is 0 Å². The van der Waals surface area contributed by atoms with E-state index in [1.165, 1.54) is 0 Å². The van der Waals surface area contributed by atoms with Gasteiger partial charge in [0, 0.05) is 17.4 Å². The van der Waals surface area contributed by atoms with Gasteiger partial charge in [-0.1, -0.05) is 0 Å². The van der Waals surface area contributed by atoms with Crippen LogP contribution in [0.4, 0.5) is 0 Å². The molecule has 0 heterocycles. The topological polar surface area (TPSA) is 0 Å². The molecule has 0 saturated heterocycles. The molecule has 0 rings (SSSR count). The fourth-order valence-electron chi connectivity index (χ4n) is 0. The van der Waals surface area contributed by atoms with Gasteiger partial charge in [0.2, 0.25) is 0 Å². The predicted octanol–water partition coefficient (Wildman–Crippen LogP) is -2.38. The fraction of sp³-hybridized carbons (Fsp3) is 0. The van der Waals surface area contributed by atoms with Crippen molar-refractivity contribution in [3.63, 3.8) is 0 Å². The van der Waals surface area contributed by atoms with E-state index >= 15 is 0 Å². The quantitative estimate of drug-likeness (QED) is 0.376. The molecular formula is H4AlCl3LiTi. The van der Waals surface area contributed by atoms with E-state index < -0.39 is 14.7 Å². The molecule has 0 aliphatic heterocycles. The summed E-state index contributed by atoms with van der Waals surface area (Å²) < 4.78 is 0. The van der Waals surface area contributed by atoms with Gasteiger partial charge in [0.1, 0.15) is 0 Å². The molecule has 33 valence electrons. The smallest absolute Gasteiger partial charge is 1.00 e. The van der Waals surface area contributed by atoms with Crippen molar-refractivity contribution in [1.29, 1.82) is 0 Å². The first-order valence-corrected chi connectivity index (χ1v) is 7.01. The molecule has 0 aliphatic carbocycles. The molecule has 0 spiro atoms. The maximum atomic E-state index is 4.97. The second kappa shape index (κ2) is 10.7. The van der Waals surface area contributed by atoms with E-state index in [1.807, 2.05) is 0 Å². The molecule has 0 bridgehead atoms. The van der Waals surface area contributed by atoms with E-state index in [0.29, 0.717) is 0 Å². The minimum absolute atomic E-state index is 0. The van der Waals surface area contributed by atoms with Gasteiger partial charge >= 0.3 is 61.5 Å². The van der Waals surface area contributed by atoms with Crippen LogP contribution in [0.15, 0.2) is 0 Å². The van der Waals surface area contributed by atoms with E-state index in [4.69, 9.17) is 27.9 Å². The molecule has 6 heteroatoms. The Balaban J connectivity index is -0.0000000450. The van der Waals surface area contributed by atoms with Crippen molar-refractivity contribution in [3.05, 3.63) is 0 Å². The van der Waals surface area contributed by atoms with Gasteiger partial charge in [-0.2, -0.15) is 0 Å². The second-order valence-corrected chi connectivity index (χ2v) is 7.95. The van der Waals surface area contributed by atoms with E-state index in [-0.39, 0.29) is 36.2 Å². The average Bonchev–Trinajstić information content (AvgIpc) is 0.811. The molecular weight excluding hydrogens is 188 g/mol. The standard InChI is InChI=1S/Al.3ClH.Li.Ti.4H/h;3*1H;;;;;;/q-1;;;;+1;+3;;;;/p-3. The van der Waals surface area contributed by atoms with Crippen LogP contribution < -0.4 is 18.9 Å². The zero-order chi connectivity index (χ0) is 3.58. The summed E-state index contributed by atoms with van der Waals surface area (Å²) in [5.74, 6) is 0. The van der Waals surface area contributed by atoms with Crippen LogP contribution in [0, 0.1) is 0 Å². The minimum atomic E-state index is -1.92. The summed E-state index contributed by atoms with van der Waals surface area (Å²) >= 11 is -1.92. The van der Waals surface area contributed by atoms with Crippen molar-refractivity contribution in [2.45, 2.75) is 0 Å². The molecule has 0 aromatic heterocycles. The Kier molecular flexibility index (Phi) is 28.2. The van der Waals surface area contributed by atoms with Crippen LogP contribution >= 0.6 is 27.9 Å². The van der Waals surface area contributed by atoms with Gasteiger partial charge < -0.3 is 0 Å². The molecule has 0 fully saturated rings. The van der Waals surface area contributed by atoms with Gasteiger partial charge in [-0.05, 0) is 0 Å². The number of rotatable bonds is 0. The van der Waals surface area contributed by atoms with Gasteiger partial charge in [0.15, 0.2) is 0 Å². The molecule has 0 aliphatic rings. The summed E-state index contributed by atoms with van der Waals surface area (Å²) in [6, 6.07) is 0. The monoisotopic (exact) mass is 191 g/mol. The maximum absolute atomic E-state index is 4.97. The molecule has 0 saturated carbocycles. The predicted molar refractivity (Wildman–Crippen MR) is 28.9 cm³/mol. The van der Waals surface area contributed by atoms with E-state index in [2.05, 4.69) is 0 Å². The average molecular weight is 192 g/mol. The van der Waals surface area contributed by atoms with Crippen LogP contribution in [0.1, 0.15) is 0 Å². The summed E-state index contributed by atoms with van der Waals surface area (Å²) in [7, 11) is 14.9. The zero-order valence-electron chi connectivity index (χ0n) is 2.63.